The monoisotopic (exact) mass is 132 g/mol. The molecule has 1 heterocycles. The van der Waals surface area contributed by atoms with Gasteiger partial charge in [-0.15, -0.1) is 0 Å². The molecule has 0 N–H and O–H groups in total. The first-order valence-electron chi connectivity index (χ1n) is 2.99. The van der Waals surface area contributed by atoms with Gasteiger partial charge in [0.25, 0.3) is 0 Å². The van der Waals surface area contributed by atoms with Crippen molar-refractivity contribution in [3.8, 4) is 0 Å². The van der Waals surface area contributed by atoms with Crippen molar-refractivity contribution >= 4 is 11.8 Å². The summed E-state index contributed by atoms with van der Waals surface area (Å²) in [6, 6.07) is 0. The zero-order chi connectivity index (χ0) is 5.98. The van der Waals surface area contributed by atoms with Gasteiger partial charge < -0.3 is 4.74 Å². The molecule has 0 amide bonds. The number of methoxy groups -OCH3 is 1. The van der Waals surface area contributed by atoms with E-state index in [4.69, 9.17) is 4.74 Å². The highest BCUT2D eigenvalue weighted by Gasteiger charge is 2.22. The number of hydrogen-bond acceptors (Lipinski definition) is 2. The van der Waals surface area contributed by atoms with Crippen molar-refractivity contribution in [2.45, 2.75) is 24.7 Å². The number of ether oxygens (including phenoxy) is 1. The van der Waals surface area contributed by atoms with Crippen LogP contribution in [-0.4, -0.2) is 24.2 Å². The van der Waals surface area contributed by atoms with Gasteiger partial charge in [0.1, 0.15) is 0 Å². The van der Waals surface area contributed by atoms with Gasteiger partial charge in [0.05, 0.1) is 6.10 Å². The average molecular weight is 132 g/mol. The molecule has 0 spiro atoms. The summed E-state index contributed by atoms with van der Waals surface area (Å²) < 4.78 is 5.20. The van der Waals surface area contributed by atoms with E-state index in [0.29, 0.717) is 6.10 Å². The molecule has 1 aliphatic rings. The van der Waals surface area contributed by atoms with Gasteiger partial charge in [0.15, 0.2) is 0 Å². The van der Waals surface area contributed by atoms with Gasteiger partial charge in [-0.2, -0.15) is 11.8 Å². The van der Waals surface area contributed by atoms with Gasteiger partial charge in [0.2, 0.25) is 0 Å². The van der Waals surface area contributed by atoms with Crippen molar-refractivity contribution in [3.05, 3.63) is 0 Å². The fraction of sp³-hybridized carbons (Fsp3) is 1.00. The molecule has 48 valence electrons. The number of hydrogen-bond donors (Lipinski definition) is 0. The Hall–Kier alpha value is 0.310. The summed E-state index contributed by atoms with van der Waals surface area (Å²) >= 11 is 2.00. The van der Waals surface area contributed by atoms with E-state index in [0.717, 1.165) is 5.25 Å². The highest BCUT2D eigenvalue weighted by atomic mass is 32.2. The minimum atomic E-state index is 0.528. The first-order valence-corrected chi connectivity index (χ1v) is 4.04. The van der Waals surface area contributed by atoms with Crippen molar-refractivity contribution in [3.63, 3.8) is 0 Å². The summed E-state index contributed by atoms with van der Waals surface area (Å²) in [5.41, 5.74) is 0. The van der Waals surface area contributed by atoms with Gasteiger partial charge in [-0.05, 0) is 12.2 Å². The van der Waals surface area contributed by atoms with Gasteiger partial charge in [0, 0.05) is 12.4 Å². The van der Waals surface area contributed by atoms with Gasteiger partial charge in [-0.25, -0.2) is 0 Å². The predicted molar refractivity (Wildman–Crippen MR) is 37.3 cm³/mol. The van der Waals surface area contributed by atoms with Crippen molar-refractivity contribution in [1.82, 2.24) is 0 Å². The number of thioether (sulfide) groups is 1. The minimum Gasteiger partial charge on any atom is -0.380 e. The molecule has 0 aliphatic carbocycles. The number of rotatable bonds is 1. The Balaban J connectivity index is 2.30. The average Bonchev–Trinajstić information content (AvgIpc) is 2.14. The fourth-order valence-electron chi connectivity index (χ4n) is 1.02. The molecule has 0 aromatic carbocycles. The molecule has 0 aromatic heterocycles. The molecule has 0 radical (unpaired) electrons. The Morgan fingerprint density at radius 1 is 1.62 bits per heavy atom. The quantitative estimate of drug-likeness (QED) is 0.535. The lowest BCUT2D eigenvalue weighted by Gasteiger charge is -2.10. The molecule has 1 rings (SSSR count). The van der Waals surface area contributed by atoms with Crippen molar-refractivity contribution in [1.29, 1.82) is 0 Å². The van der Waals surface area contributed by atoms with E-state index in [2.05, 4.69) is 6.92 Å². The molecular formula is C6H12OS. The normalized spacial score (nSPS) is 38.2. The maximum atomic E-state index is 5.20. The molecule has 0 aromatic rings. The van der Waals surface area contributed by atoms with Crippen LogP contribution >= 0.6 is 11.8 Å². The Morgan fingerprint density at radius 2 is 2.38 bits per heavy atom. The lowest BCUT2D eigenvalue weighted by atomic mass is 10.2. The molecule has 1 fully saturated rings. The van der Waals surface area contributed by atoms with E-state index in [9.17, 15) is 0 Å². The van der Waals surface area contributed by atoms with Crippen LogP contribution in [0.3, 0.4) is 0 Å². The molecule has 2 atom stereocenters. The molecule has 1 saturated heterocycles. The Morgan fingerprint density at radius 3 is 2.62 bits per heavy atom. The summed E-state index contributed by atoms with van der Waals surface area (Å²) in [6.07, 6.45) is 1.77. The van der Waals surface area contributed by atoms with Gasteiger partial charge >= 0.3 is 0 Å². The highest BCUT2D eigenvalue weighted by Crippen LogP contribution is 2.27. The summed E-state index contributed by atoms with van der Waals surface area (Å²) in [5, 5.41) is 0.722. The first kappa shape index (κ1) is 6.43. The van der Waals surface area contributed by atoms with Crippen LogP contribution in [0.15, 0.2) is 0 Å². The minimum absolute atomic E-state index is 0.528. The largest absolute Gasteiger partial charge is 0.380 e. The second-order valence-electron chi connectivity index (χ2n) is 2.14. The zero-order valence-corrected chi connectivity index (χ0v) is 6.20. The van der Waals surface area contributed by atoms with Crippen molar-refractivity contribution in [2.24, 2.45) is 0 Å². The third-order valence-electron chi connectivity index (χ3n) is 1.61. The van der Waals surface area contributed by atoms with E-state index in [1.54, 1.807) is 7.11 Å². The van der Waals surface area contributed by atoms with Crippen LogP contribution in [0.5, 0.6) is 0 Å². The van der Waals surface area contributed by atoms with Crippen LogP contribution in [0.25, 0.3) is 0 Å². The fourth-order valence-corrected chi connectivity index (χ4v) is 2.22. The topological polar surface area (TPSA) is 9.23 Å². The Labute approximate surface area is 54.8 Å². The Kier molecular flexibility index (Phi) is 2.20. The molecular weight excluding hydrogens is 120 g/mol. The smallest absolute Gasteiger partial charge is 0.0695 e. The summed E-state index contributed by atoms with van der Waals surface area (Å²) in [6.45, 7) is 2.23. The van der Waals surface area contributed by atoms with E-state index in [1.165, 1.54) is 12.2 Å². The van der Waals surface area contributed by atoms with Crippen LogP contribution < -0.4 is 0 Å². The van der Waals surface area contributed by atoms with Crippen LogP contribution in [0.2, 0.25) is 0 Å². The maximum Gasteiger partial charge on any atom is 0.0695 e. The zero-order valence-electron chi connectivity index (χ0n) is 5.39. The molecule has 1 nitrogen and oxygen atoms in total. The lowest BCUT2D eigenvalue weighted by molar-refractivity contribution is 0.107. The third kappa shape index (κ3) is 1.17. The highest BCUT2D eigenvalue weighted by molar-refractivity contribution is 8.00. The van der Waals surface area contributed by atoms with Crippen molar-refractivity contribution < 1.29 is 4.74 Å². The summed E-state index contributed by atoms with van der Waals surface area (Å²) in [7, 11) is 1.80. The van der Waals surface area contributed by atoms with E-state index in [-0.39, 0.29) is 0 Å². The summed E-state index contributed by atoms with van der Waals surface area (Å²) in [4.78, 5) is 0. The molecule has 2 unspecified atom stereocenters. The molecule has 2 heteroatoms. The van der Waals surface area contributed by atoms with E-state index in [1.807, 2.05) is 11.8 Å². The summed E-state index contributed by atoms with van der Waals surface area (Å²) in [5.74, 6) is 1.28. The molecule has 8 heavy (non-hydrogen) atoms. The van der Waals surface area contributed by atoms with E-state index < -0.39 is 0 Å². The van der Waals surface area contributed by atoms with E-state index >= 15 is 0 Å². The Bertz CT molecular complexity index is 74.9. The molecule has 1 aliphatic heterocycles. The van der Waals surface area contributed by atoms with Crippen LogP contribution in [-0.2, 0) is 4.74 Å². The molecule has 0 saturated carbocycles. The third-order valence-corrected chi connectivity index (χ3v) is 2.91. The molecule has 0 bridgehead atoms. The van der Waals surface area contributed by atoms with Crippen LogP contribution in [0, 0.1) is 0 Å². The van der Waals surface area contributed by atoms with Crippen LogP contribution in [0.4, 0.5) is 0 Å². The standard InChI is InChI=1S/C6H12OS/c1-5-6(7-2)3-4-8-5/h5-6H,3-4H2,1-2H3. The van der Waals surface area contributed by atoms with Crippen LogP contribution in [0.1, 0.15) is 13.3 Å². The van der Waals surface area contributed by atoms with Gasteiger partial charge in [-0.3, -0.25) is 0 Å². The predicted octanol–water partition coefficient (Wildman–Crippen LogP) is 1.53. The van der Waals surface area contributed by atoms with Gasteiger partial charge in [-0.1, -0.05) is 6.92 Å². The van der Waals surface area contributed by atoms with Crippen molar-refractivity contribution in [2.75, 3.05) is 12.9 Å². The SMILES string of the molecule is COC1CCSC1C. The lowest BCUT2D eigenvalue weighted by Crippen LogP contribution is -2.15. The second kappa shape index (κ2) is 2.74. The first-order chi connectivity index (χ1) is 3.84. The second-order valence-corrected chi connectivity index (χ2v) is 3.62. The maximum absolute atomic E-state index is 5.20.